The van der Waals surface area contributed by atoms with E-state index in [-0.39, 0.29) is 0 Å². The summed E-state index contributed by atoms with van der Waals surface area (Å²) in [6.45, 7) is 0. The lowest BCUT2D eigenvalue weighted by Gasteiger charge is -2.06. The fourth-order valence-electron chi connectivity index (χ4n) is 1.14. The second-order valence-electron chi connectivity index (χ2n) is 2.82. The zero-order valence-corrected chi connectivity index (χ0v) is 7.98. The lowest BCUT2D eigenvalue weighted by molar-refractivity contribution is 0.185. The molecule has 0 aromatic carbocycles. The molecule has 0 radical (unpaired) electrons. The van der Waals surface area contributed by atoms with Crippen LogP contribution in [0.15, 0.2) is 41.1 Å². The largest absolute Gasteiger partial charge is 0.466 e. The third-order valence-electron chi connectivity index (χ3n) is 1.84. The van der Waals surface area contributed by atoms with Gasteiger partial charge in [0.1, 0.15) is 5.76 Å². The molecule has 1 N–H and O–H groups in total. The van der Waals surface area contributed by atoms with Gasteiger partial charge in [0.25, 0.3) is 0 Å². The lowest BCUT2D eigenvalue weighted by Crippen LogP contribution is -2.00. The first kappa shape index (κ1) is 9.24. The normalized spacial score (nSPS) is 12.7. The van der Waals surface area contributed by atoms with E-state index in [2.05, 4.69) is 4.98 Å². The van der Waals surface area contributed by atoms with E-state index < -0.39 is 6.10 Å². The van der Waals surface area contributed by atoms with Crippen molar-refractivity contribution >= 4 is 11.6 Å². The summed E-state index contributed by atoms with van der Waals surface area (Å²) in [4.78, 5) is 3.99. The summed E-state index contributed by atoms with van der Waals surface area (Å²) in [5.74, 6) is 0.472. The fourth-order valence-corrected chi connectivity index (χ4v) is 1.25. The molecule has 0 aliphatic rings. The average molecular weight is 210 g/mol. The topological polar surface area (TPSA) is 46.3 Å². The molecule has 0 fully saturated rings. The van der Waals surface area contributed by atoms with Gasteiger partial charge < -0.3 is 9.52 Å². The van der Waals surface area contributed by atoms with Crippen LogP contribution >= 0.6 is 11.6 Å². The molecule has 3 nitrogen and oxygen atoms in total. The molecule has 0 amide bonds. The van der Waals surface area contributed by atoms with Gasteiger partial charge in [0.05, 0.1) is 17.0 Å². The van der Waals surface area contributed by atoms with Crippen LogP contribution in [0.3, 0.4) is 0 Å². The summed E-state index contributed by atoms with van der Waals surface area (Å²) >= 11 is 5.67. The van der Waals surface area contributed by atoms with E-state index in [9.17, 15) is 5.11 Å². The van der Waals surface area contributed by atoms with E-state index in [0.29, 0.717) is 16.5 Å². The van der Waals surface area contributed by atoms with E-state index in [0.717, 1.165) is 0 Å². The Morgan fingerprint density at radius 2 is 2.21 bits per heavy atom. The zero-order chi connectivity index (χ0) is 9.97. The number of aromatic nitrogens is 1. The smallest absolute Gasteiger partial charge is 0.153 e. The molecule has 1 unspecified atom stereocenters. The summed E-state index contributed by atoms with van der Waals surface area (Å²) in [6.07, 6.45) is 2.17. The van der Waals surface area contributed by atoms with Gasteiger partial charge >= 0.3 is 0 Å². The number of hydrogen-bond donors (Lipinski definition) is 1. The predicted molar refractivity (Wildman–Crippen MR) is 52.0 cm³/mol. The van der Waals surface area contributed by atoms with Gasteiger partial charge in [-0.05, 0) is 24.3 Å². The molecule has 0 bridgehead atoms. The van der Waals surface area contributed by atoms with Crippen LogP contribution in [-0.4, -0.2) is 10.1 Å². The van der Waals surface area contributed by atoms with E-state index >= 15 is 0 Å². The van der Waals surface area contributed by atoms with Crippen molar-refractivity contribution in [2.45, 2.75) is 6.10 Å². The van der Waals surface area contributed by atoms with Gasteiger partial charge in [-0.25, -0.2) is 0 Å². The number of rotatable bonds is 2. The summed E-state index contributed by atoms with van der Waals surface area (Å²) < 4.78 is 5.06. The van der Waals surface area contributed by atoms with Gasteiger partial charge in [-0.3, -0.25) is 4.98 Å². The average Bonchev–Trinajstić information content (AvgIpc) is 2.71. The number of hydrogen-bond acceptors (Lipinski definition) is 3. The van der Waals surface area contributed by atoms with Gasteiger partial charge in [-0.2, -0.15) is 0 Å². The Labute approximate surface area is 86.0 Å². The monoisotopic (exact) mass is 209 g/mol. The van der Waals surface area contributed by atoms with Crippen LogP contribution in [0.25, 0.3) is 0 Å². The van der Waals surface area contributed by atoms with Crippen molar-refractivity contribution in [1.29, 1.82) is 0 Å². The third-order valence-corrected chi connectivity index (χ3v) is 2.07. The number of pyridine rings is 1. The Morgan fingerprint density at radius 1 is 1.36 bits per heavy atom. The Hall–Kier alpha value is -1.32. The number of furan rings is 1. The fraction of sp³-hybridized carbons (Fsp3) is 0.100. The molecule has 2 aromatic rings. The van der Waals surface area contributed by atoms with Crippen molar-refractivity contribution in [3.8, 4) is 0 Å². The molecule has 2 rings (SSSR count). The third kappa shape index (κ3) is 1.78. The van der Waals surface area contributed by atoms with Crippen LogP contribution in [0.1, 0.15) is 17.6 Å². The van der Waals surface area contributed by atoms with Crippen LogP contribution in [-0.2, 0) is 0 Å². The molecule has 0 spiro atoms. The predicted octanol–water partition coefficient (Wildman–Crippen LogP) is 2.41. The maximum atomic E-state index is 9.77. The molecule has 0 saturated carbocycles. The highest BCUT2D eigenvalue weighted by Crippen LogP contribution is 2.21. The van der Waals surface area contributed by atoms with Gasteiger partial charge in [-0.15, -0.1) is 0 Å². The second-order valence-corrected chi connectivity index (χ2v) is 3.26. The molecule has 14 heavy (non-hydrogen) atoms. The van der Waals surface area contributed by atoms with Gasteiger partial charge in [0.15, 0.2) is 6.10 Å². The van der Waals surface area contributed by atoms with Gasteiger partial charge in [0, 0.05) is 6.20 Å². The molecule has 1 atom stereocenters. The Bertz CT molecular complexity index is 397. The maximum Gasteiger partial charge on any atom is 0.153 e. The molecule has 0 aliphatic carbocycles. The molecule has 2 aromatic heterocycles. The van der Waals surface area contributed by atoms with Crippen molar-refractivity contribution in [1.82, 2.24) is 4.98 Å². The van der Waals surface area contributed by atoms with Crippen molar-refractivity contribution in [3.63, 3.8) is 0 Å². The highest BCUT2D eigenvalue weighted by molar-refractivity contribution is 6.30. The molecule has 2 heterocycles. The molecule has 0 saturated heterocycles. The van der Waals surface area contributed by atoms with E-state index in [1.54, 1.807) is 24.3 Å². The van der Waals surface area contributed by atoms with Crippen LogP contribution < -0.4 is 0 Å². The van der Waals surface area contributed by atoms with E-state index in [4.69, 9.17) is 16.0 Å². The van der Waals surface area contributed by atoms with Gasteiger partial charge in [-0.1, -0.05) is 11.6 Å². The summed E-state index contributed by atoms with van der Waals surface area (Å²) in [7, 11) is 0. The van der Waals surface area contributed by atoms with Crippen LogP contribution in [0.2, 0.25) is 5.02 Å². The maximum absolute atomic E-state index is 9.77. The van der Waals surface area contributed by atoms with Crippen molar-refractivity contribution < 1.29 is 9.52 Å². The molecular formula is C10H8ClNO2. The zero-order valence-electron chi connectivity index (χ0n) is 7.22. The standard InChI is InChI=1S/C10H8ClNO2/c11-7-3-4-8(12-6-7)10(13)9-2-1-5-14-9/h1-6,10,13H. The van der Waals surface area contributed by atoms with Crippen LogP contribution in [0, 0.1) is 0 Å². The molecular weight excluding hydrogens is 202 g/mol. The molecule has 72 valence electrons. The quantitative estimate of drug-likeness (QED) is 0.826. The number of nitrogens with zero attached hydrogens (tertiary/aromatic N) is 1. The lowest BCUT2D eigenvalue weighted by atomic mass is 10.2. The van der Waals surface area contributed by atoms with Crippen LogP contribution in [0.5, 0.6) is 0 Å². The number of aliphatic hydroxyl groups excluding tert-OH is 1. The Morgan fingerprint density at radius 3 is 2.79 bits per heavy atom. The number of halogens is 1. The summed E-state index contributed by atoms with van der Waals surface area (Å²) in [5, 5.41) is 10.3. The molecule has 0 aliphatic heterocycles. The first-order valence-corrected chi connectivity index (χ1v) is 4.48. The first-order valence-electron chi connectivity index (χ1n) is 4.10. The Balaban J connectivity index is 2.28. The van der Waals surface area contributed by atoms with E-state index in [1.165, 1.54) is 12.5 Å². The Kier molecular flexibility index (Phi) is 2.52. The number of aliphatic hydroxyl groups is 1. The minimum atomic E-state index is -0.831. The van der Waals surface area contributed by atoms with E-state index in [1.807, 2.05) is 0 Å². The minimum Gasteiger partial charge on any atom is -0.466 e. The summed E-state index contributed by atoms with van der Waals surface area (Å²) in [6, 6.07) is 6.75. The minimum absolute atomic E-state index is 0.472. The second kappa shape index (κ2) is 3.82. The van der Waals surface area contributed by atoms with Crippen molar-refractivity contribution in [2.75, 3.05) is 0 Å². The SMILES string of the molecule is OC(c1ccc(Cl)cn1)c1ccco1. The van der Waals surface area contributed by atoms with Crippen molar-refractivity contribution in [2.24, 2.45) is 0 Å². The first-order chi connectivity index (χ1) is 6.77. The van der Waals surface area contributed by atoms with Crippen LogP contribution in [0.4, 0.5) is 0 Å². The highest BCUT2D eigenvalue weighted by atomic mass is 35.5. The van der Waals surface area contributed by atoms with Gasteiger partial charge in [0.2, 0.25) is 0 Å². The van der Waals surface area contributed by atoms with Crippen molar-refractivity contribution in [3.05, 3.63) is 53.2 Å². The highest BCUT2D eigenvalue weighted by Gasteiger charge is 2.13. The molecule has 4 heteroatoms. The summed E-state index contributed by atoms with van der Waals surface area (Å²) in [5.41, 5.74) is 0.518.